The molecule has 0 spiro atoms. The number of anilines is 1. The minimum atomic E-state index is -0.368. The van der Waals surface area contributed by atoms with Crippen molar-refractivity contribution in [3.8, 4) is 0 Å². The molecular weight excluding hydrogens is 296 g/mol. The average Bonchev–Trinajstić information content (AvgIpc) is 3.12. The lowest BCUT2D eigenvalue weighted by Crippen LogP contribution is -2.32. The van der Waals surface area contributed by atoms with Crippen molar-refractivity contribution in [3.05, 3.63) is 41.5 Å². The number of rotatable bonds is 4. The number of carbonyl (C=O) groups excluding carboxylic acids is 2. The van der Waals surface area contributed by atoms with E-state index in [0.29, 0.717) is 18.3 Å². The number of aryl methyl sites for hydroxylation is 2. The molecular formula is C16H18N4O3. The van der Waals surface area contributed by atoms with Gasteiger partial charge in [0.25, 0.3) is 0 Å². The summed E-state index contributed by atoms with van der Waals surface area (Å²) in [5.41, 5.74) is 1.95. The summed E-state index contributed by atoms with van der Waals surface area (Å²) >= 11 is 0. The molecule has 120 valence electrons. The molecule has 0 aliphatic carbocycles. The monoisotopic (exact) mass is 314 g/mol. The molecule has 7 nitrogen and oxygen atoms in total. The summed E-state index contributed by atoms with van der Waals surface area (Å²) in [6.45, 7) is 4.26. The molecule has 7 heteroatoms. The highest BCUT2D eigenvalue weighted by Gasteiger charge is 2.35. The maximum Gasteiger partial charge on any atom is 0.246 e. The van der Waals surface area contributed by atoms with E-state index in [4.69, 9.17) is 4.52 Å². The van der Waals surface area contributed by atoms with Gasteiger partial charge >= 0.3 is 0 Å². The van der Waals surface area contributed by atoms with Crippen molar-refractivity contribution >= 4 is 17.5 Å². The quantitative estimate of drug-likeness (QED) is 0.920. The largest absolute Gasteiger partial charge is 0.347 e. The minimum absolute atomic E-state index is 0.0392. The minimum Gasteiger partial charge on any atom is -0.347 e. The predicted octanol–water partition coefficient (Wildman–Crippen LogP) is 1.36. The van der Waals surface area contributed by atoms with Gasteiger partial charge in [-0.2, -0.15) is 4.98 Å². The highest BCUT2D eigenvalue weighted by Crippen LogP contribution is 2.25. The van der Waals surface area contributed by atoms with E-state index in [1.807, 2.05) is 31.2 Å². The maximum atomic E-state index is 12.2. The summed E-state index contributed by atoms with van der Waals surface area (Å²) in [7, 11) is 0. The number of carbonyl (C=O) groups is 2. The maximum absolute atomic E-state index is 12.2. The molecule has 0 radical (unpaired) electrons. The fourth-order valence-electron chi connectivity index (χ4n) is 2.58. The van der Waals surface area contributed by atoms with Gasteiger partial charge < -0.3 is 14.7 Å². The molecule has 0 saturated carbocycles. The van der Waals surface area contributed by atoms with Crippen LogP contribution < -0.4 is 10.2 Å². The second-order valence-electron chi connectivity index (χ2n) is 5.69. The van der Waals surface area contributed by atoms with Gasteiger partial charge in [0.15, 0.2) is 5.82 Å². The molecule has 3 rings (SSSR count). The van der Waals surface area contributed by atoms with Gasteiger partial charge in [0.1, 0.15) is 0 Å². The molecule has 1 fully saturated rings. The average molecular weight is 314 g/mol. The first-order valence-corrected chi connectivity index (χ1v) is 7.47. The third-order valence-corrected chi connectivity index (χ3v) is 3.82. The molecule has 2 aromatic rings. The zero-order chi connectivity index (χ0) is 16.4. The molecule has 2 heterocycles. The first-order valence-electron chi connectivity index (χ1n) is 7.47. The van der Waals surface area contributed by atoms with Crippen molar-refractivity contribution in [3.63, 3.8) is 0 Å². The fraction of sp³-hybridized carbons (Fsp3) is 0.375. The Kier molecular flexibility index (Phi) is 4.10. The first-order chi connectivity index (χ1) is 11.0. The van der Waals surface area contributed by atoms with Gasteiger partial charge in [0.05, 0.1) is 12.5 Å². The zero-order valence-corrected chi connectivity index (χ0v) is 13.1. The Morgan fingerprint density at radius 2 is 2.09 bits per heavy atom. The molecule has 1 N–H and O–H groups in total. The van der Waals surface area contributed by atoms with Gasteiger partial charge in [-0.15, -0.1) is 0 Å². The highest BCUT2D eigenvalue weighted by molar-refractivity contribution is 6.00. The molecule has 0 unspecified atom stereocenters. The normalized spacial score (nSPS) is 17.6. The number of hydrogen-bond donors (Lipinski definition) is 1. The Labute approximate surface area is 133 Å². The SMILES string of the molecule is Cc1ccc(N2C[C@@H](C(=O)NCc3nc(C)no3)CC2=O)cc1. The van der Waals surface area contributed by atoms with Gasteiger partial charge in [-0.05, 0) is 26.0 Å². The summed E-state index contributed by atoms with van der Waals surface area (Å²) in [4.78, 5) is 30.1. The van der Waals surface area contributed by atoms with Crippen LogP contribution in [0.25, 0.3) is 0 Å². The lowest BCUT2D eigenvalue weighted by molar-refractivity contribution is -0.126. The highest BCUT2D eigenvalue weighted by atomic mass is 16.5. The predicted molar refractivity (Wildman–Crippen MR) is 82.5 cm³/mol. The van der Waals surface area contributed by atoms with E-state index in [1.165, 1.54) is 0 Å². The standard InChI is InChI=1S/C16H18N4O3/c1-10-3-5-13(6-4-10)20-9-12(7-15(20)21)16(22)17-8-14-18-11(2)19-23-14/h3-6,12H,7-9H2,1-2H3,(H,17,22)/t12-/m0/s1. The molecule has 1 aliphatic rings. The lowest BCUT2D eigenvalue weighted by atomic mass is 10.1. The summed E-state index contributed by atoms with van der Waals surface area (Å²) in [6.07, 6.45) is 0.211. The molecule has 1 aromatic heterocycles. The number of benzene rings is 1. The fourth-order valence-corrected chi connectivity index (χ4v) is 2.58. The Balaban J connectivity index is 1.60. The van der Waals surface area contributed by atoms with Crippen LogP contribution in [0.4, 0.5) is 5.69 Å². The number of amides is 2. The first kappa shape index (κ1) is 15.2. The van der Waals surface area contributed by atoms with E-state index in [1.54, 1.807) is 11.8 Å². The van der Waals surface area contributed by atoms with E-state index in [-0.39, 0.29) is 30.7 Å². The second kappa shape index (κ2) is 6.20. The molecule has 0 bridgehead atoms. The summed E-state index contributed by atoms with van der Waals surface area (Å²) in [6, 6.07) is 7.70. The summed E-state index contributed by atoms with van der Waals surface area (Å²) < 4.78 is 4.95. The summed E-state index contributed by atoms with van der Waals surface area (Å²) in [5, 5.41) is 6.41. The molecule has 23 heavy (non-hydrogen) atoms. The van der Waals surface area contributed by atoms with Crippen LogP contribution in [0.1, 0.15) is 23.7 Å². The topological polar surface area (TPSA) is 88.3 Å². The zero-order valence-electron chi connectivity index (χ0n) is 13.1. The molecule has 2 amide bonds. The van der Waals surface area contributed by atoms with E-state index >= 15 is 0 Å². The van der Waals surface area contributed by atoms with Crippen LogP contribution >= 0.6 is 0 Å². The van der Waals surface area contributed by atoms with Gasteiger partial charge in [-0.25, -0.2) is 0 Å². The number of hydrogen-bond acceptors (Lipinski definition) is 5. The van der Waals surface area contributed by atoms with Crippen LogP contribution in [0.3, 0.4) is 0 Å². The van der Waals surface area contributed by atoms with Crippen molar-refractivity contribution in [2.45, 2.75) is 26.8 Å². The Bertz CT molecular complexity index is 723. The molecule has 1 aromatic carbocycles. The molecule has 1 saturated heterocycles. The van der Waals surface area contributed by atoms with E-state index in [9.17, 15) is 9.59 Å². The van der Waals surface area contributed by atoms with Crippen molar-refractivity contribution in [1.29, 1.82) is 0 Å². The van der Waals surface area contributed by atoms with Gasteiger partial charge in [-0.3, -0.25) is 9.59 Å². The van der Waals surface area contributed by atoms with E-state index in [0.717, 1.165) is 11.3 Å². The Morgan fingerprint density at radius 3 is 2.74 bits per heavy atom. The van der Waals surface area contributed by atoms with E-state index in [2.05, 4.69) is 15.5 Å². The van der Waals surface area contributed by atoms with Gasteiger partial charge in [-0.1, -0.05) is 22.9 Å². The van der Waals surface area contributed by atoms with Crippen LogP contribution in [-0.4, -0.2) is 28.5 Å². The van der Waals surface area contributed by atoms with Crippen LogP contribution in [0.5, 0.6) is 0 Å². The van der Waals surface area contributed by atoms with Crippen LogP contribution in [0, 0.1) is 19.8 Å². The van der Waals surface area contributed by atoms with Gasteiger partial charge in [0, 0.05) is 18.7 Å². The van der Waals surface area contributed by atoms with Crippen molar-refractivity contribution in [2.75, 3.05) is 11.4 Å². The van der Waals surface area contributed by atoms with Crippen molar-refractivity contribution < 1.29 is 14.1 Å². The number of aromatic nitrogens is 2. The van der Waals surface area contributed by atoms with Crippen molar-refractivity contribution in [1.82, 2.24) is 15.5 Å². The van der Waals surface area contributed by atoms with Crippen LogP contribution in [-0.2, 0) is 16.1 Å². The summed E-state index contributed by atoms with van der Waals surface area (Å²) in [5.74, 6) is 0.297. The third-order valence-electron chi connectivity index (χ3n) is 3.82. The Hall–Kier alpha value is -2.70. The Morgan fingerprint density at radius 1 is 1.35 bits per heavy atom. The lowest BCUT2D eigenvalue weighted by Gasteiger charge is -2.16. The van der Waals surface area contributed by atoms with Crippen LogP contribution in [0.15, 0.2) is 28.8 Å². The third kappa shape index (κ3) is 3.39. The van der Waals surface area contributed by atoms with Gasteiger partial charge in [0.2, 0.25) is 17.7 Å². The van der Waals surface area contributed by atoms with Crippen molar-refractivity contribution in [2.24, 2.45) is 5.92 Å². The molecule has 1 atom stereocenters. The number of nitrogens with zero attached hydrogens (tertiary/aromatic N) is 3. The smallest absolute Gasteiger partial charge is 0.246 e. The van der Waals surface area contributed by atoms with Crippen LogP contribution in [0.2, 0.25) is 0 Å². The number of nitrogens with one attached hydrogen (secondary N) is 1. The molecule has 1 aliphatic heterocycles. The van der Waals surface area contributed by atoms with E-state index < -0.39 is 0 Å². The second-order valence-corrected chi connectivity index (χ2v) is 5.69.